The standard InChI is InChI=1S/C19H19N3O4S/c1-2-26-18(25)11-10-16(23)20-19(27)22-21-17(24)12-14-8-5-7-13-6-3-4-9-15(13)14/h3-11H,2,12H2,1H3,(H,21,24)(H2,20,22,23,27). The lowest BCUT2D eigenvalue weighted by molar-refractivity contribution is -0.137. The molecule has 2 aromatic carbocycles. The first-order valence-corrected chi connectivity index (χ1v) is 8.61. The van der Waals surface area contributed by atoms with E-state index in [4.69, 9.17) is 12.2 Å². The van der Waals surface area contributed by atoms with E-state index < -0.39 is 11.9 Å². The molecule has 27 heavy (non-hydrogen) atoms. The number of carbonyl (C=O) groups excluding carboxylic acids is 3. The Morgan fingerprint density at radius 1 is 1.04 bits per heavy atom. The van der Waals surface area contributed by atoms with Crippen molar-refractivity contribution in [2.75, 3.05) is 6.61 Å². The summed E-state index contributed by atoms with van der Waals surface area (Å²) in [4.78, 5) is 34.8. The fourth-order valence-electron chi connectivity index (χ4n) is 2.31. The number of carbonyl (C=O) groups is 3. The molecule has 0 radical (unpaired) electrons. The Hall–Kier alpha value is -3.26. The van der Waals surface area contributed by atoms with Gasteiger partial charge in [0.1, 0.15) is 0 Å². The quantitative estimate of drug-likeness (QED) is 0.313. The number of hydrazine groups is 1. The number of hydrogen-bond acceptors (Lipinski definition) is 5. The van der Waals surface area contributed by atoms with Crippen molar-refractivity contribution in [2.45, 2.75) is 13.3 Å². The van der Waals surface area contributed by atoms with Crippen LogP contribution in [0.2, 0.25) is 0 Å². The number of esters is 1. The van der Waals surface area contributed by atoms with E-state index >= 15 is 0 Å². The second kappa shape index (κ2) is 10.0. The van der Waals surface area contributed by atoms with Gasteiger partial charge in [0.15, 0.2) is 5.11 Å². The number of nitrogens with one attached hydrogen (secondary N) is 3. The third-order valence-corrected chi connectivity index (χ3v) is 3.64. The van der Waals surface area contributed by atoms with E-state index in [2.05, 4.69) is 20.9 Å². The lowest BCUT2D eigenvalue weighted by atomic mass is 10.0. The molecular formula is C19H19N3O4S. The Labute approximate surface area is 161 Å². The second-order valence-electron chi connectivity index (χ2n) is 5.39. The van der Waals surface area contributed by atoms with E-state index in [1.54, 1.807) is 6.92 Å². The third-order valence-electron chi connectivity index (χ3n) is 3.44. The van der Waals surface area contributed by atoms with E-state index in [0.29, 0.717) is 0 Å². The maximum Gasteiger partial charge on any atom is 0.330 e. The maximum absolute atomic E-state index is 12.1. The zero-order valence-corrected chi connectivity index (χ0v) is 15.5. The van der Waals surface area contributed by atoms with Crippen molar-refractivity contribution in [2.24, 2.45) is 0 Å². The number of rotatable bonds is 5. The molecule has 0 saturated heterocycles. The lowest BCUT2D eigenvalue weighted by Crippen LogP contribution is -2.48. The van der Waals surface area contributed by atoms with E-state index in [1.165, 1.54) is 0 Å². The van der Waals surface area contributed by atoms with Crippen LogP contribution in [0.3, 0.4) is 0 Å². The molecule has 0 bridgehead atoms. The molecule has 7 nitrogen and oxygen atoms in total. The highest BCUT2D eigenvalue weighted by Crippen LogP contribution is 2.18. The largest absolute Gasteiger partial charge is 0.463 e. The van der Waals surface area contributed by atoms with Crippen molar-refractivity contribution in [1.29, 1.82) is 0 Å². The molecule has 0 fully saturated rings. The zero-order valence-electron chi connectivity index (χ0n) is 14.7. The van der Waals surface area contributed by atoms with Crippen molar-refractivity contribution < 1.29 is 19.1 Å². The molecule has 0 spiro atoms. The van der Waals surface area contributed by atoms with Crippen LogP contribution in [0.15, 0.2) is 54.6 Å². The summed E-state index contributed by atoms with van der Waals surface area (Å²) in [5.74, 6) is -1.57. The van der Waals surface area contributed by atoms with Gasteiger partial charge in [-0.2, -0.15) is 0 Å². The summed E-state index contributed by atoms with van der Waals surface area (Å²) < 4.78 is 4.65. The fraction of sp³-hybridized carbons (Fsp3) is 0.158. The summed E-state index contributed by atoms with van der Waals surface area (Å²) in [6, 6.07) is 13.5. The topological polar surface area (TPSA) is 96.5 Å². The van der Waals surface area contributed by atoms with E-state index in [0.717, 1.165) is 28.5 Å². The van der Waals surface area contributed by atoms with Crippen molar-refractivity contribution in [1.82, 2.24) is 16.2 Å². The predicted octanol–water partition coefficient (Wildman–Crippen LogP) is 1.52. The van der Waals surface area contributed by atoms with E-state index in [9.17, 15) is 14.4 Å². The molecule has 0 atom stereocenters. The molecule has 0 aliphatic rings. The molecule has 2 aromatic rings. The number of thiocarbonyl (C=S) groups is 1. The molecule has 0 unspecified atom stereocenters. The Morgan fingerprint density at radius 3 is 2.56 bits per heavy atom. The molecule has 2 rings (SSSR count). The number of hydrogen-bond donors (Lipinski definition) is 3. The van der Waals surface area contributed by atoms with Crippen LogP contribution in [0.4, 0.5) is 0 Å². The highest BCUT2D eigenvalue weighted by Gasteiger charge is 2.08. The summed E-state index contributed by atoms with van der Waals surface area (Å²) in [6.07, 6.45) is 2.12. The number of fused-ring (bicyclic) bond motifs is 1. The summed E-state index contributed by atoms with van der Waals surface area (Å²) >= 11 is 4.91. The molecule has 0 saturated carbocycles. The van der Waals surface area contributed by atoms with Crippen molar-refractivity contribution >= 4 is 45.9 Å². The van der Waals surface area contributed by atoms with Gasteiger partial charge in [-0.1, -0.05) is 42.5 Å². The van der Waals surface area contributed by atoms with E-state index in [-0.39, 0.29) is 24.0 Å². The summed E-state index contributed by atoms with van der Waals surface area (Å²) in [7, 11) is 0. The molecule has 0 aliphatic heterocycles. The smallest absolute Gasteiger partial charge is 0.330 e. The van der Waals surface area contributed by atoms with Crippen LogP contribution in [0.25, 0.3) is 10.8 Å². The normalized spacial score (nSPS) is 10.4. The summed E-state index contributed by atoms with van der Waals surface area (Å²) in [5, 5.41) is 4.24. The Morgan fingerprint density at radius 2 is 1.78 bits per heavy atom. The molecule has 3 N–H and O–H groups in total. The molecule has 0 heterocycles. The van der Waals surface area contributed by atoms with Gasteiger partial charge in [-0.05, 0) is 35.5 Å². The van der Waals surface area contributed by atoms with Gasteiger partial charge < -0.3 is 4.74 Å². The molecule has 8 heteroatoms. The van der Waals surface area contributed by atoms with Crippen LogP contribution in [0, 0.1) is 0 Å². The number of amides is 2. The van der Waals surface area contributed by atoms with Crippen LogP contribution < -0.4 is 16.2 Å². The van der Waals surface area contributed by atoms with Crippen molar-refractivity contribution in [3.63, 3.8) is 0 Å². The minimum atomic E-state index is -0.630. The molecule has 0 aromatic heterocycles. The second-order valence-corrected chi connectivity index (χ2v) is 5.80. The summed E-state index contributed by atoms with van der Waals surface area (Å²) in [6.45, 7) is 1.87. The number of ether oxygens (including phenoxy) is 1. The van der Waals surface area contributed by atoms with Crippen LogP contribution >= 0.6 is 12.2 Å². The predicted molar refractivity (Wildman–Crippen MR) is 105 cm³/mol. The first-order chi connectivity index (χ1) is 13.0. The zero-order chi connectivity index (χ0) is 19.6. The van der Waals surface area contributed by atoms with Gasteiger partial charge in [0.05, 0.1) is 13.0 Å². The Balaban J connectivity index is 1.82. The summed E-state index contributed by atoms with van der Waals surface area (Å²) in [5.41, 5.74) is 5.74. The van der Waals surface area contributed by atoms with Gasteiger partial charge in [0, 0.05) is 12.2 Å². The molecule has 0 aliphatic carbocycles. The highest BCUT2D eigenvalue weighted by molar-refractivity contribution is 7.80. The molecule has 2 amide bonds. The minimum absolute atomic E-state index is 0.0974. The Kier molecular flexibility index (Phi) is 7.45. The Bertz CT molecular complexity index is 890. The van der Waals surface area contributed by atoms with Crippen molar-refractivity contribution in [3.05, 3.63) is 60.2 Å². The fourth-order valence-corrected chi connectivity index (χ4v) is 2.46. The van der Waals surface area contributed by atoms with Gasteiger partial charge in [0.25, 0.3) is 0 Å². The van der Waals surface area contributed by atoms with Crippen LogP contribution in [0.5, 0.6) is 0 Å². The first-order valence-electron chi connectivity index (χ1n) is 8.21. The van der Waals surface area contributed by atoms with Gasteiger partial charge in [-0.15, -0.1) is 0 Å². The lowest BCUT2D eigenvalue weighted by Gasteiger charge is -2.11. The van der Waals surface area contributed by atoms with Crippen molar-refractivity contribution in [3.8, 4) is 0 Å². The maximum atomic E-state index is 12.1. The monoisotopic (exact) mass is 385 g/mol. The molecule has 140 valence electrons. The highest BCUT2D eigenvalue weighted by atomic mass is 32.1. The van der Waals surface area contributed by atoms with E-state index in [1.807, 2.05) is 42.5 Å². The van der Waals surface area contributed by atoms with Gasteiger partial charge in [0.2, 0.25) is 11.8 Å². The van der Waals surface area contributed by atoms with Crippen LogP contribution in [-0.4, -0.2) is 29.5 Å². The molecular weight excluding hydrogens is 366 g/mol. The van der Waals surface area contributed by atoms with Gasteiger partial charge in [-0.3, -0.25) is 25.8 Å². The SMILES string of the molecule is CCOC(=O)C=CC(=O)NC(=S)NNC(=O)Cc1cccc2ccccc12. The number of benzene rings is 2. The first kappa shape index (κ1) is 20.1. The minimum Gasteiger partial charge on any atom is -0.463 e. The third kappa shape index (κ3) is 6.52. The van der Waals surface area contributed by atoms with Crippen LogP contribution in [-0.2, 0) is 25.5 Å². The average molecular weight is 385 g/mol. The van der Waals surface area contributed by atoms with Gasteiger partial charge >= 0.3 is 5.97 Å². The van der Waals surface area contributed by atoms with Gasteiger partial charge in [-0.25, -0.2) is 4.79 Å². The average Bonchev–Trinajstić information content (AvgIpc) is 2.65. The van der Waals surface area contributed by atoms with Crippen LogP contribution in [0.1, 0.15) is 12.5 Å².